The second kappa shape index (κ2) is 10.4. The Hall–Kier alpha value is -2.79. The van der Waals surface area contributed by atoms with Crippen LogP contribution in [0.3, 0.4) is 0 Å². The van der Waals surface area contributed by atoms with Crippen LogP contribution in [-0.2, 0) is 0 Å². The van der Waals surface area contributed by atoms with E-state index in [2.05, 4.69) is 35.4 Å². The van der Waals surface area contributed by atoms with Crippen LogP contribution in [0.4, 0.5) is 22.5 Å². The molecule has 4 rings (SSSR count). The first kappa shape index (κ1) is 23.4. The lowest BCUT2D eigenvalue weighted by atomic mass is 10.2. The SMILES string of the molecule is Cc1nc(Nc2ncc(C(=O)Nc3ccc(Cl)cc3C)s2)cc(N2CCN(CCO)CC2)n1. The Bertz CT molecular complexity index is 1130. The van der Waals surface area contributed by atoms with Gasteiger partial charge in [0.1, 0.15) is 22.3 Å². The summed E-state index contributed by atoms with van der Waals surface area (Å²) in [7, 11) is 0. The average molecular weight is 488 g/mol. The second-order valence-electron chi connectivity index (χ2n) is 7.78. The summed E-state index contributed by atoms with van der Waals surface area (Å²) < 4.78 is 0. The summed E-state index contributed by atoms with van der Waals surface area (Å²) >= 11 is 7.24. The Morgan fingerprint density at radius 2 is 1.97 bits per heavy atom. The van der Waals surface area contributed by atoms with Crippen molar-refractivity contribution in [2.24, 2.45) is 0 Å². The van der Waals surface area contributed by atoms with Gasteiger partial charge in [-0.25, -0.2) is 15.0 Å². The van der Waals surface area contributed by atoms with Gasteiger partial charge in [-0.05, 0) is 37.6 Å². The van der Waals surface area contributed by atoms with E-state index in [1.165, 1.54) is 11.3 Å². The molecule has 0 bridgehead atoms. The summed E-state index contributed by atoms with van der Waals surface area (Å²) in [5.41, 5.74) is 1.60. The number of rotatable bonds is 7. The van der Waals surface area contributed by atoms with Crippen LogP contribution in [-0.4, -0.2) is 70.2 Å². The lowest BCUT2D eigenvalue weighted by Crippen LogP contribution is -2.47. The molecule has 2 aromatic heterocycles. The summed E-state index contributed by atoms with van der Waals surface area (Å²) in [6.07, 6.45) is 1.54. The fourth-order valence-corrected chi connectivity index (χ4v) is 4.56. The first-order valence-corrected chi connectivity index (χ1v) is 11.8. The Morgan fingerprint density at radius 1 is 1.18 bits per heavy atom. The number of aliphatic hydroxyl groups excluding tert-OH is 1. The molecule has 0 saturated carbocycles. The summed E-state index contributed by atoms with van der Waals surface area (Å²) in [5.74, 6) is 1.90. The predicted molar refractivity (Wildman–Crippen MR) is 132 cm³/mol. The minimum absolute atomic E-state index is 0.174. The number of aliphatic hydroxyl groups is 1. The Morgan fingerprint density at radius 3 is 2.70 bits per heavy atom. The number of amides is 1. The van der Waals surface area contributed by atoms with E-state index < -0.39 is 0 Å². The summed E-state index contributed by atoms with van der Waals surface area (Å²) in [6.45, 7) is 8.04. The predicted octanol–water partition coefficient (Wildman–Crippen LogP) is 3.31. The van der Waals surface area contributed by atoms with Gasteiger partial charge in [0, 0.05) is 49.5 Å². The third kappa shape index (κ3) is 5.97. The number of piperazine rings is 1. The molecule has 0 atom stereocenters. The number of hydrogen-bond donors (Lipinski definition) is 3. The molecule has 0 aliphatic carbocycles. The highest BCUT2D eigenvalue weighted by atomic mass is 35.5. The number of anilines is 4. The van der Waals surface area contributed by atoms with E-state index in [4.69, 9.17) is 16.7 Å². The topological polar surface area (TPSA) is 107 Å². The van der Waals surface area contributed by atoms with Crippen molar-refractivity contribution in [2.75, 3.05) is 54.9 Å². The van der Waals surface area contributed by atoms with Crippen LogP contribution >= 0.6 is 22.9 Å². The number of aromatic nitrogens is 3. The molecule has 174 valence electrons. The number of hydrogen-bond acceptors (Lipinski definition) is 9. The Balaban J connectivity index is 1.42. The van der Waals surface area contributed by atoms with Crippen molar-refractivity contribution in [3.63, 3.8) is 0 Å². The van der Waals surface area contributed by atoms with E-state index in [-0.39, 0.29) is 12.5 Å². The van der Waals surface area contributed by atoms with Crippen molar-refractivity contribution >= 4 is 51.3 Å². The zero-order valence-electron chi connectivity index (χ0n) is 18.5. The van der Waals surface area contributed by atoms with Gasteiger partial charge in [0.15, 0.2) is 5.13 Å². The molecular formula is C22H26ClN7O2S. The van der Waals surface area contributed by atoms with Gasteiger partial charge in [-0.3, -0.25) is 9.69 Å². The van der Waals surface area contributed by atoms with E-state index in [9.17, 15) is 4.79 Å². The van der Waals surface area contributed by atoms with Gasteiger partial charge in [-0.1, -0.05) is 22.9 Å². The van der Waals surface area contributed by atoms with E-state index in [1.54, 1.807) is 24.4 Å². The van der Waals surface area contributed by atoms with Crippen LogP contribution < -0.4 is 15.5 Å². The minimum atomic E-state index is -0.230. The number of nitrogens with zero attached hydrogens (tertiary/aromatic N) is 5. The van der Waals surface area contributed by atoms with E-state index in [0.717, 1.165) is 37.6 Å². The molecule has 9 nitrogen and oxygen atoms in total. The van der Waals surface area contributed by atoms with Gasteiger partial charge < -0.3 is 20.6 Å². The third-order valence-electron chi connectivity index (χ3n) is 5.34. The van der Waals surface area contributed by atoms with Gasteiger partial charge in [-0.15, -0.1) is 0 Å². The largest absolute Gasteiger partial charge is 0.395 e. The zero-order valence-corrected chi connectivity index (χ0v) is 20.1. The molecule has 1 amide bonds. The molecule has 33 heavy (non-hydrogen) atoms. The smallest absolute Gasteiger partial charge is 0.267 e. The van der Waals surface area contributed by atoms with Crippen LogP contribution in [0, 0.1) is 13.8 Å². The van der Waals surface area contributed by atoms with E-state index >= 15 is 0 Å². The fourth-order valence-electron chi connectivity index (χ4n) is 3.62. The molecule has 0 spiro atoms. The van der Waals surface area contributed by atoms with Crippen molar-refractivity contribution in [1.29, 1.82) is 0 Å². The van der Waals surface area contributed by atoms with Crippen molar-refractivity contribution in [1.82, 2.24) is 19.9 Å². The fraction of sp³-hybridized carbons (Fsp3) is 0.364. The monoisotopic (exact) mass is 487 g/mol. The Kier molecular flexibility index (Phi) is 7.39. The van der Waals surface area contributed by atoms with Gasteiger partial charge in [0.05, 0.1) is 12.8 Å². The molecule has 3 aromatic rings. The molecule has 11 heteroatoms. The number of benzene rings is 1. The maximum absolute atomic E-state index is 12.7. The van der Waals surface area contributed by atoms with Crippen LogP contribution in [0.5, 0.6) is 0 Å². The number of aryl methyl sites for hydroxylation is 2. The maximum Gasteiger partial charge on any atom is 0.267 e. The average Bonchev–Trinajstić information content (AvgIpc) is 3.24. The maximum atomic E-state index is 12.7. The van der Waals surface area contributed by atoms with Crippen LogP contribution in [0.2, 0.25) is 5.02 Å². The molecule has 1 aliphatic rings. The van der Waals surface area contributed by atoms with Crippen LogP contribution in [0.25, 0.3) is 0 Å². The standard InChI is InChI=1S/C22H26ClN7O2S/c1-14-11-16(23)3-4-17(14)27-21(32)18-13-24-22(33-18)28-19-12-20(26-15(2)25-19)30-7-5-29(6-8-30)9-10-31/h3-4,11-13,31H,5-10H2,1-2H3,(H,27,32)(H,24,25,26,28). The van der Waals surface area contributed by atoms with Crippen molar-refractivity contribution in [3.8, 4) is 0 Å². The molecule has 1 aliphatic heterocycles. The normalized spacial score (nSPS) is 14.4. The van der Waals surface area contributed by atoms with Crippen molar-refractivity contribution in [2.45, 2.75) is 13.8 Å². The highest BCUT2D eigenvalue weighted by Gasteiger charge is 2.19. The molecule has 0 radical (unpaired) electrons. The quantitative estimate of drug-likeness (QED) is 0.466. The van der Waals surface area contributed by atoms with Crippen molar-refractivity contribution in [3.05, 3.63) is 51.7 Å². The zero-order chi connectivity index (χ0) is 23.4. The van der Waals surface area contributed by atoms with Crippen LogP contribution in [0.1, 0.15) is 21.1 Å². The highest BCUT2D eigenvalue weighted by molar-refractivity contribution is 7.17. The number of β-amino-alcohol motifs (C(OH)–C–C–N with tert-alkyl or cyclic N) is 1. The summed E-state index contributed by atoms with van der Waals surface area (Å²) in [4.78, 5) is 31.0. The van der Waals surface area contributed by atoms with E-state index in [0.29, 0.717) is 38.9 Å². The number of carbonyl (C=O) groups is 1. The van der Waals surface area contributed by atoms with Gasteiger partial charge in [0.25, 0.3) is 5.91 Å². The summed E-state index contributed by atoms with van der Waals surface area (Å²) in [5, 5.41) is 16.4. The third-order valence-corrected chi connectivity index (χ3v) is 6.48. The first-order valence-electron chi connectivity index (χ1n) is 10.7. The minimum Gasteiger partial charge on any atom is -0.395 e. The molecule has 1 saturated heterocycles. The lowest BCUT2D eigenvalue weighted by Gasteiger charge is -2.35. The lowest BCUT2D eigenvalue weighted by molar-refractivity contribution is 0.103. The van der Waals surface area contributed by atoms with Crippen molar-refractivity contribution < 1.29 is 9.90 Å². The molecular weight excluding hydrogens is 462 g/mol. The summed E-state index contributed by atoms with van der Waals surface area (Å²) in [6, 6.07) is 7.22. The van der Waals surface area contributed by atoms with Gasteiger partial charge in [-0.2, -0.15) is 0 Å². The Labute approximate surface area is 201 Å². The van der Waals surface area contributed by atoms with Crippen LogP contribution in [0.15, 0.2) is 30.5 Å². The van der Waals surface area contributed by atoms with Gasteiger partial charge in [0.2, 0.25) is 0 Å². The van der Waals surface area contributed by atoms with E-state index in [1.807, 2.05) is 19.9 Å². The molecule has 1 fully saturated rings. The highest BCUT2D eigenvalue weighted by Crippen LogP contribution is 2.26. The number of thiazole rings is 1. The molecule has 0 unspecified atom stereocenters. The number of nitrogens with one attached hydrogen (secondary N) is 2. The number of carbonyl (C=O) groups excluding carboxylic acids is 1. The second-order valence-corrected chi connectivity index (χ2v) is 9.25. The number of halogens is 1. The molecule has 3 heterocycles. The molecule has 3 N–H and O–H groups in total. The first-order chi connectivity index (χ1) is 15.9. The van der Waals surface area contributed by atoms with Gasteiger partial charge >= 0.3 is 0 Å². The molecule has 1 aromatic carbocycles.